The van der Waals surface area contributed by atoms with Gasteiger partial charge in [0.1, 0.15) is 5.40 Å². The molecule has 0 aliphatic heterocycles. The summed E-state index contributed by atoms with van der Waals surface area (Å²) in [6, 6.07) is 16.7. The van der Waals surface area contributed by atoms with Crippen LogP contribution in [0.15, 0.2) is 48.5 Å². The lowest BCUT2D eigenvalue weighted by Gasteiger charge is -2.27. The zero-order valence-corrected chi connectivity index (χ0v) is 20.7. The van der Waals surface area contributed by atoms with E-state index < -0.39 is 10.1 Å². The lowest BCUT2D eigenvalue weighted by atomic mass is 9.77. The highest BCUT2D eigenvalue weighted by atomic mass is 32.2. The van der Waals surface area contributed by atoms with E-state index in [4.69, 9.17) is 18.8 Å². The lowest BCUT2D eigenvalue weighted by molar-refractivity contribution is 0.586. The van der Waals surface area contributed by atoms with Gasteiger partial charge in [-0.25, -0.2) is 0 Å². The molecule has 2 unspecified atom stereocenters. The normalized spacial score (nSPS) is 15.7. The van der Waals surface area contributed by atoms with Crippen LogP contribution in [0.3, 0.4) is 0 Å². The van der Waals surface area contributed by atoms with Crippen molar-refractivity contribution < 1.29 is 0 Å². The zero-order valence-electron chi connectivity index (χ0n) is 19.8. The third kappa shape index (κ3) is 5.97. The van der Waals surface area contributed by atoms with Crippen molar-refractivity contribution in [3.8, 4) is 17.2 Å². The number of benzene rings is 2. The summed E-state index contributed by atoms with van der Waals surface area (Å²) in [6.07, 6.45) is 0. The van der Waals surface area contributed by atoms with E-state index in [0.29, 0.717) is 6.54 Å². The zero-order chi connectivity index (χ0) is 23.5. The first-order valence-electron chi connectivity index (χ1n) is 10.6. The maximum atomic E-state index is 8.97. The van der Waals surface area contributed by atoms with E-state index >= 15 is 0 Å². The Morgan fingerprint density at radius 1 is 0.774 bits per heavy atom. The number of nitrogens with zero attached hydrogens (tertiary/aromatic N) is 1. The first kappa shape index (κ1) is 25.1. The minimum absolute atomic E-state index is 0.114. The SMILES string of the molecule is [B]C(C)(SC#N)c1ccc(C(C)(C)C#CC(C)(CN)c2ccc(C(C)(C)C)cc2)cc1. The van der Waals surface area contributed by atoms with E-state index in [9.17, 15) is 0 Å². The van der Waals surface area contributed by atoms with Crippen LogP contribution in [0.25, 0.3) is 0 Å². The van der Waals surface area contributed by atoms with E-state index in [1.165, 1.54) is 5.56 Å². The first-order chi connectivity index (χ1) is 14.2. The molecule has 0 aliphatic carbocycles. The quantitative estimate of drug-likeness (QED) is 0.376. The summed E-state index contributed by atoms with van der Waals surface area (Å²) in [5.41, 5.74) is 9.96. The van der Waals surface area contributed by atoms with E-state index in [2.05, 4.69) is 83.1 Å². The highest BCUT2D eigenvalue weighted by molar-refractivity contribution is 8.05. The Labute approximate surface area is 194 Å². The molecule has 2 nitrogen and oxygen atoms in total. The van der Waals surface area contributed by atoms with Crippen molar-refractivity contribution in [2.75, 3.05) is 6.54 Å². The molecule has 0 saturated heterocycles. The molecule has 0 fully saturated rings. The van der Waals surface area contributed by atoms with Crippen molar-refractivity contribution in [2.24, 2.45) is 5.73 Å². The average Bonchev–Trinajstić information content (AvgIpc) is 2.71. The molecule has 2 rings (SSSR count). The molecular formula is C27H33BN2S. The Balaban J connectivity index is 2.33. The van der Waals surface area contributed by atoms with Crippen LogP contribution in [0.1, 0.15) is 70.7 Å². The largest absolute Gasteiger partial charge is 0.329 e. The summed E-state index contributed by atoms with van der Waals surface area (Å²) in [5.74, 6) is 6.95. The summed E-state index contributed by atoms with van der Waals surface area (Å²) in [7, 11) is 6.24. The molecule has 2 aromatic rings. The molecule has 0 bridgehead atoms. The summed E-state index contributed by atoms with van der Waals surface area (Å²) >= 11 is 1.06. The summed E-state index contributed by atoms with van der Waals surface area (Å²) in [4.78, 5) is 0. The van der Waals surface area contributed by atoms with E-state index in [0.717, 1.165) is 28.5 Å². The number of hydrogen-bond donors (Lipinski definition) is 1. The van der Waals surface area contributed by atoms with Crippen LogP contribution in [0.4, 0.5) is 0 Å². The number of hydrogen-bond acceptors (Lipinski definition) is 3. The first-order valence-corrected chi connectivity index (χ1v) is 11.4. The van der Waals surface area contributed by atoms with Crippen molar-refractivity contribution in [2.45, 2.75) is 69.4 Å². The minimum atomic E-state index is -0.736. The van der Waals surface area contributed by atoms with Gasteiger partial charge < -0.3 is 5.73 Å². The lowest BCUT2D eigenvalue weighted by Crippen LogP contribution is -2.31. The van der Waals surface area contributed by atoms with Gasteiger partial charge in [-0.05, 0) is 60.2 Å². The molecule has 160 valence electrons. The Morgan fingerprint density at radius 3 is 1.68 bits per heavy atom. The molecule has 0 amide bonds. The second-order valence-corrected chi connectivity index (χ2v) is 11.4. The predicted octanol–water partition coefficient (Wildman–Crippen LogP) is 5.74. The Hall–Kier alpha value is -2.14. The van der Waals surface area contributed by atoms with E-state index in [1.807, 2.05) is 31.2 Å². The standard InChI is InChI=1S/C27H33BN2S/c1-24(2,3)20-8-12-22(13-9-20)26(6,18-29)17-16-25(4,5)21-10-14-23(15-11-21)27(7,28)31-19-30/h8-15H,18,29H2,1-7H3. The smallest absolute Gasteiger partial charge is 0.133 e. The van der Waals surface area contributed by atoms with Crippen molar-refractivity contribution in [1.82, 2.24) is 0 Å². The van der Waals surface area contributed by atoms with Crippen LogP contribution in [-0.2, 0) is 20.9 Å². The molecule has 0 aliphatic rings. The fraction of sp³-hybridized carbons (Fsp3) is 0.444. The van der Waals surface area contributed by atoms with Gasteiger partial charge in [-0.3, -0.25) is 0 Å². The molecule has 0 aromatic heterocycles. The highest BCUT2D eigenvalue weighted by Crippen LogP contribution is 2.34. The van der Waals surface area contributed by atoms with Gasteiger partial charge in [0.05, 0.1) is 18.7 Å². The molecule has 2 aromatic carbocycles. The van der Waals surface area contributed by atoms with Crippen LogP contribution in [0.2, 0.25) is 0 Å². The summed E-state index contributed by atoms with van der Waals surface area (Å²) in [5, 5.41) is 11.0. The van der Waals surface area contributed by atoms with Crippen LogP contribution < -0.4 is 5.73 Å². The molecule has 2 atom stereocenters. The van der Waals surface area contributed by atoms with Gasteiger partial charge in [0.25, 0.3) is 0 Å². The van der Waals surface area contributed by atoms with Gasteiger partial charge in [-0.1, -0.05) is 88.1 Å². The second kappa shape index (κ2) is 9.16. The molecule has 31 heavy (non-hydrogen) atoms. The topological polar surface area (TPSA) is 49.8 Å². The van der Waals surface area contributed by atoms with Crippen molar-refractivity contribution in [3.05, 3.63) is 70.8 Å². The van der Waals surface area contributed by atoms with Gasteiger partial charge in [0.15, 0.2) is 0 Å². The van der Waals surface area contributed by atoms with Crippen molar-refractivity contribution >= 4 is 19.6 Å². The van der Waals surface area contributed by atoms with Gasteiger partial charge in [-0.15, -0.1) is 0 Å². The van der Waals surface area contributed by atoms with Crippen LogP contribution >= 0.6 is 11.8 Å². The van der Waals surface area contributed by atoms with E-state index in [-0.39, 0.29) is 10.8 Å². The third-order valence-electron chi connectivity index (χ3n) is 5.88. The molecular weight excluding hydrogens is 395 g/mol. The molecule has 0 heterocycles. The molecule has 0 saturated carbocycles. The molecule has 4 heteroatoms. The van der Waals surface area contributed by atoms with Gasteiger partial charge in [0.2, 0.25) is 0 Å². The Bertz CT molecular complexity index is 997. The second-order valence-electron chi connectivity index (χ2n) is 10.1. The maximum absolute atomic E-state index is 8.97. The van der Waals surface area contributed by atoms with Crippen LogP contribution in [0.5, 0.6) is 0 Å². The molecule has 2 radical (unpaired) electrons. The summed E-state index contributed by atoms with van der Waals surface area (Å²) < 4.78 is -0.736. The Kier molecular flexibility index (Phi) is 7.42. The van der Waals surface area contributed by atoms with Crippen molar-refractivity contribution in [1.29, 1.82) is 5.26 Å². The minimum Gasteiger partial charge on any atom is -0.329 e. The number of rotatable bonds is 5. The Morgan fingerprint density at radius 2 is 1.23 bits per heavy atom. The predicted molar refractivity (Wildman–Crippen MR) is 135 cm³/mol. The van der Waals surface area contributed by atoms with Gasteiger partial charge in [0, 0.05) is 11.2 Å². The monoisotopic (exact) mass is 428 g/mol. The highest BCUT2D eigenvalue weighted by Gasteiger charge is 2.26. The fourth-order valence-electron chi connectivity index (χ4n) is 3.32. The van der Waals surface area contributed by atoms with Crippen LogP contribution in [-0.4, -0.2) is 14.4 Å². The number of thioether (sulfide) groups is 1. The third-order valence-corrected chi connectivity index (χ3v) is 6.64. The number of nitriles is 1. The fourth-order valence-corrected chi connectivity index (χ4v) is 3.76. The van der Waals surface area contributed by atoms with Crippen LogP contribution in [0, 0.1) is 22.5 Å². The van der Waals surface area contributed by atoms with Crippen molar-refractivity contribution in [3.63, 3.8) is 0 Å². The molecule has 2 N–H and O–H groups in total. The van der Waals surface area contributed by atoms with Gasteiger partial charge >= 0.3 is 0 Å². The van der Waals surface area contributed by atoms with E-state index in [1.54, 1.807) is 0 Å². The van der Waals surface area contributed by atoms with Gasteiger partial charge in [-0.2, -0.15) is 5.26 Å². The number of thiocyanates is 1. The summed E-state index contributed by atoms with van der Waals surface area (Å²) in [6.45, 7) is 15.3. The number of nitrogens with two attached hydrogens (primary N) is 1. The maximum Gasteiger partial charge on any atom is 0.133 e. The molecule has 0 spiro atoms. The average molecular weight is 428 g/mol.